The van der Waals surface area contributed by atoms with Crippen LogP contribution in [0.15, 0.2) is 24.3 Å². The van der Waals surface area contributed by atoms with Gasteiger partial charge in [0.15, 0.2) is 6.10 Å². The second-order valence-corrected chi connectivity index (χ2v) is 5.15. The van der Waals surface area contributed by atoms with Crippen LogP contribution < -0.4 is 10.1 Å². The zero-order valence-electron chi connectivity index (χ0n) is 13.0. The van der Waals surface area contributed by atoms with Crippen LogP contribution in [0, 0.1) is 6.92 Å². The predicted molar refractivity (Wildman–Crippen MR) is 80.1 cm³/mol. The first-order chi connectivity index (χ1) is 9.88. The van der Waals surface area contributed by atoms with Gasteiger partial charge in [-0.2, -0.15) is 0 Å². The third kappa shape index (κ3) is 6.79. The third-order valence-electron chi connectivity index (χ3n) is 2.70. The highest BCUT2D eigenvalue weighted by Gasteiger charge is 2.15. The SMILES string of the molecule is Cc1ccc(OC(C)C(=O)NCCC(=O)OC(C)C)cc1. The molecule has 1 rings (SSSR count). The molecule has 5 heteroatoms. The number of carbonyl (C=O) groups is 2. The van der Waals surface area contributed by atoms with E-state index in [-0.39, 0.29) is 30.9 Å². The van der Waals surface area contributed by atoms with Crippen LogP contribution in [0.25, 0.3) is 0 Å². The van der Waals surface area contributed by atoms with Gasteiger partial charge in [0.1, 0.15) is 5.75 Å². The van der Waals surface area contributed by atoms with Crippen molar-refractivity contribution in [1.82, 2.24) is 5.32 Å². The van der Waals surface area contributed by atoms with Gasteiger partial charge in [-0.15, -0.1) is 0 Å². The molecule has 0 aromatic heterocycles. The molecular formula is C16H23NO4. The molecule has 0 aliphatic heterocycles. The van der Waals surface area contributed by atoms with Crippen LogP contribution in [0.3, 0.4) is 0 Å². The highest BCUT2D eigenvalue weighted by molar-refractivity contribution is 5.81. The monoisotopic (exact) mass is 293 g/mol. The summed E-state index contributed by atoms with van der Waals surface area (Å²) in [7, 11) is 0. The Bertz CT molecular complexity index is 468. The molecule has 1 atom stereocenters. The Hall–Kier alpha value is -2.04. The number of hydrogen-bond acceptors (Lipinski definition) is 4. The van der Waals surface area contributed by atoms with Crippen LogP contribution in [-0.2, 0) is 14.3 Å². The zero-order valence-corrected chi connectivity index (χ0v) is 13.0. The fourth-order valence-electron chi connectivity index (χ4n) is 1.63. The molecule has 116 valence electrons. The van der Waals surface area contributed by atoms with Crippen molar-refractivity contribution in [3.05, 3.63) is 29.8 Å². The van der Waals surface area contributed by atoms with E-state index in [4.69, 9.17) is 9.47 Å². The quantitative estimate of drug-likeness (QED) is 0.783. The van der Waals surface area contributed by atoms with E-state index in [1.54, 1.807) is 20.8 Å². The van der Waals surface area contributed by atoms with Crippen molar-refractivity contribution >= 4 is 11.9 Å². The Morgan fingerprint density at radius 3 is 2.33 bits per heavy atom. The molecule has 0 saturated heterocycles. The molecule has 21 heavy (non-hydrogen) atoms. The number of hydrogen-bond donors (Lipinski definition) is 1. The normalized spacial score (nSPS) is 11.9. The van der Waals surface area contributed by atoms with Crippen LogP contribution in [0.5, 0.6) is 5.75 Å². The molecule has 0 bridgehead atoms. The summed E-state index contributed by atoms with van der Waals surface area (Å²) in [5.41, 5.74) is 1.13. The number of nitrogens with one attached hydrogen (secondary N) is 1. The largest absolute Gasteiger partial charge is 0.481 e. The van der Waals surface area contributed by atoms with E-state index in [0.29, 0.717) is 5.75 Å². The molecule has 5 nitrogen and oxygen atoms in total. The molecule has 0 spiro atoms. The van der Waals surface area contributed by atoms with Crippen LogP contribution in [-0.4, -0.2) is 30.6 Å². The number of ether oxygens (including phenoxy) is 2. The molecule has 1 amide bonds. The van der Waals surface area contributed by atoms with Crippen molar-refractivity contribution in [1.29, 1.82) is 0 Å². The maximum atomic E-state index is 11.8. The Labute approximate surface area is 125 Å². The molecule has 1 aromatic carbocycles. The van der Waals surface area contributed by atoms with Gasteiger partial charge in [-0.25, -0.2) is 0 Å². The minimum atomic E-state index is -0.617. The summed E-state index contributed by atoms with van der Waals surface area (Å²) in [6.45, 7) is 7.46. The van der Waals surface area contributed by atoms with Gasteiger partial charge in [-0.3, -0.25) is 9.59 Å². The summed E-state index contributed by atoms with van der Waals surface area (Å²) in [6, 6.07) is 7.47. The number of aryl methyl sites for hydroxylation is 1. The number of benzene rings is 1. The zero-order chi connectivity index (χ0) is 15.8. The van der Waals surface area contributed by atoms with Gasteiger partial charge in [-0.1, -0.05) is 17.7 Å². The molecule has 0 radical (unpaired) electrons. The van der Waals surface area contributed by atoms with E-state index in [9.17, 15) is 9.59 Å². The second kappa shape index (κ2) is 8.29. The third-order valence-corrected chi connectivity index (χ3v) is 2.70. The lowest BCUT2D eigenvalue weighted by Crippen LogP contribution is -2.37. The standard InChI is InChI=1S/C16H23NO4/c1-11(2)20-15(18)9-10-17-16(19)13(4)21-14-7-5-12(3)6-8-14/h5-8,11,13H,9-10H2,1-4H3,(H,17,19). The van der Waals surface area contributed by atoms with Crippen LogP contribution in [0.1, 0.15) is 32.8 Å². The van der Waals surface area contributed by atoms with E-state index in [0.717, 1.165) is 5.56 Å². The van der Waals surface area contributed by atoms with Crippen LogP contribution in [0.2, 0.25) is 0 Å². The number of amides is 1. The van der Waals surface area contributed by atoms with Gasteiger partial charge in [-0.05, 0) is 39.8 Å². The molecule has 1 N–H and O–H groups in total. The smallest absolute Gasteiger partial charge is 0.307 e. The minimum absolute atomic E-state index is 0.142. The van der Waals surface area contributed by atoms with Crippen LogP contribution in [0.4, 0.5) is 0 Å². The van der Waals surface area contributed by atoms with Gasteiger partial charge in [0.2, 0.25) is 0 Å². The minimum Gasteiger partial charge on any atom is -0.481 e. The van der Waals surface area contributed by atoms with Crippen molar-refractivity contribution in [2.24, 2.45) is 0 Å². The van der Waals surface area contributed by atoms with E-state index in [2.05, 4.69) is 5.32 Å². The average Bonchev–Trinajstić information content (AvgIpc) is 2.40. The fraction of sp³-hybridized carbons (Fsp3) is 0.500. The molecular weight excluding hydrogens is 270 g/mol. The Balaban J connectivity index is 2.31. The van der Waals surface area contributed by atoms with Crippen molar-refractivity contribution in [3.8, 4) is 5.75 Å². The summed E-state index contributed by atoms with van der Waals surface area (Å²) in [6.07, 6.45) is -0.605. The molecule has 1 unspecified atom stereocenters. The number of carbonyl (C=O) groups excluding carboxylic acids is 2. The number of rotatable bonds is 7. The highest BCUT2D eigenvalue weighted by Crippen LogP contribution is 2.13. The van der Waals surface area contributed by atoms with Gasteiger partial charge < -0.3 is 14.8 Å². The summed E-state index contributed by atoms with van der Waals surface area (Å²) in [5, 5.41) is 2.65. The van der Waals surface area contributed by atoms with Crippen molar-refractivity contribution in [2.45, 2.75) is 46.3 Å². The van der Waals surface area contributed by atoms with Crippen molar-refractivity contribution in [2.75, 3.05) is 6.54 Å². The van der Waals surface area contributed by atoms with Crippen molar-refractivity contribution in [3.63, 3.8) is 0 Å². The number of esters is 1. The lowest BCUT2D eigenvalue weighted by molar-refractivity contribution is -0.147. The first-order valence-corrected chi connectivity index (χ1v) is 7.09. The lowest BCUT2D eigenvalue weighted by atomic mass is 10.2. The van der Waals surface area contributed by atoms with Crippen molar-refractivity contribution < 1.29 is 19.1 Å². The highest BCUT2D eigenvalue weighted by atomic mass is 16.5. The first kappa shape index (κ1) is 17.0. The molecule has 0 heterocycles. The van der Waals surface area contributed by atoms with E-state index >= 15 is 0 Å². The molecule has 0 aliphatic carbocycles. The lowest BCUT2D eigenvalue weighted by Gasteiger charge is -2.15. The van der Waals surface area contributed by atoms with Gasteiger partial charge in [0.05, 0.1) is 12.5 Å². The first-order valence-electron chi connectivity index (χ1n) is 7.09. The second-order valence-electron chi connectivity index (χ2n) is 5.15. The fourth-order valence-corrected chi connectivity index (χ4v) is 1.63. The maximum absolute atomic E-state index is 11.8. The van der Waals surface area contributed by atoms with Crippen LogP contribution >= 0.6 is 0 Å². The predicted octanol–water partition coefficient (Wildman–Crippen LogP) is 2.22. The topological polar surface area (TPSA) is 64.6 Å². The molecule has 1 aromatic rings. The summed E-state index contributed by atoms with van der Waals surface area (Å²) >= 11 is 0. The molecule has 0 saturated carbocycles. The van der Waals surface area contributed by atoms with E-state index < -0.39 is 6.10 Å². The molecule has 0 fully saturated rings. The summed E-state index contributed by atoms with van der Waals surface area (Å²) < 4.78 is 10.5. The molecule has 0 aliphatic rings. The Morgan fingerprint density at radius 2 is 1.76 bits per heavy atom. The average molecular weight is 293 g/mol. The Morgan fingerprint density at radius 1 is 1.14 bits per heavy atom. The van der Waals surface area contributed by atoms with E-state index in [1.165, 1.54) is 0 Å². The summed E-state index contributed by atoms with van der Waals surface area (Å²) in [5.74, 6) is 0.0628. The Kier molecular flexibility index (Phi) is 6.72. The summed E-state index contributed by atoms with van der Waals surface area (Å²) in [4.78, 5) is 23.2. The van der Waals surface area contributed by atoms with Gasteiger partial charge in [0, 0.05) is 6.54 Å². The maximum Gasteiger partial charge on any atom is 0.307 e. The van der Waals surface area contributed by atoms with Gasteiger partial charge >= 0.3 is 5.97 Å². The van der Waals surface area contributed by atoms with Gasteiger partial charge in [0.25, 0.3) is 5.91 Å². The van der Waals surface area contributed by atoms with E-state index in [1.807, 2.05) is 31.2 Å².